The Balaban J connectivity index is 1.90. The predicted molar refractivity (Wildman–Crippen MR) is 108 cm³/mol. The second-order valence-electron chi connectivity index (χ2n) is 6.30. The molecule has 0 aliphatic carbocycles. The van der Waals surface area contributed by atoms with Crippen LogP contribution in [0.2, 0.25) is 0 Å². The van der Waals surface area contributed by atoms with Gasteiger partial charge in [-0.2, -0.15) is 0 Å². The zero-order valence-electron chi connectivity index (χ0n) is 14.8. The Labute approximate surface area is 162 Å². The molecule has 0 unspecified atom stereocenters. The van der Waals surface area contributed by atoms with Gasteiger partial charge in [0, 0.05) is 12.0 Å². The number of rotatable bonds is 4. The summed E-state index contributed by atoms with van der Waals surface area (Å²) in [7, 11) is -3.89. The molecule has 0 spiro atoms. The van der Waals surface area contributed by atoms with E-state index in [9.17, 15) is 8.42 Å². The van der Waals surface area contributed by atoms with Crippen molar-refractivity contribution in [3.05, 3.63) is 78.0 Å². The lowest BCUT2D eigenvalue weighted by atomic mass is 10.1. The van der Waals surface area contributed by atoms with Crippen molar-refractivity contribution >= 4 is 27.0 Å². The van der Waals surface area contributed by atoms with Crippen molar-refractivity contribution in [1.29, 1.82) is 0 Å². The summed E-state index contributed by atoms with van der Waals surface area (Å²) in [4.78, 5) is 13.3. The lowest BCUT2D eigenvalue weighted by molar-refractivity contribution is 0.598. The topological polar surface area (TPSA) is 125 Å². The third kappa shape index (κ3) is 3.55. The number of primary sulfonamides is 1. The Morgan fingerprint density at radius 2 is 1.54 bits per heavy atom. The van der Waals surface area contributed by atoms with Crippen molar-refractivity contribution in [2.24, 2.45) is 5.14 Å². The van der Waals surface area contributed by atoms with Gasteiger partial charge in [0.1, 0.15) is 5.52 Å². The molecule has 0 saturated heterocycles. The fourth-order valence-corrected chi connectivity index (χ4v) is 3.83. The molecule has 0 amide bonds. The maximum absolute atomic E-state index is 12.0. The number of nitrogen functional groups attached to an aromatic ring is 1. The van der Waals surface area contributed by atoms with Crippen LogP contribution < -0.4 is 10.9 Å². The minimum Gasteiger partial charge on any atom is -0.368 e. The second-order valence-corrected chi connectivity index (χ2v) is 7.83. The molecule has 7 nitrogen and oxygen atoms in total. The van der Waals surface area contributed by atoms with Gasteiger partial charge in [-0.3, -0.25) is 0 Å². The van der Waals surface area contributed by atoms with E-state index in [2.05, 4.69) is 15.0 Å². The molecule has 2 heterocycles. The number of benzene rings is 2. The van der Waals surface area contributed by atoms with Crippen LogP contribution in [-0.2, 0) is 16.4 Å². The van der Waals surface area contributed by atoms with Crippen molar-refractivity contribution in [3.63, 3.8) is 0 Å². The number of pyridine rings is 1. The molecule has 0 atom stereocenters. The molecule has 4 rings (SSSR count). The first-order chi connectivity index (χ1) is 13.4. The Bertz CT molecular complexity index is 1270. The number of hydrogen-bond acceptors (Lipinski definition) is 6. The summed E-state index contributed by atoms with van der Waals surface area (Å²) in [6.07, 6.45) is 0.525. The van der Waals surface area contributed by atoms with Gasteiger partial charge in [0.25, 0.3) is 0 Å². The van der Waals surface area contributed by atoms with Crippen molar-refractivity contribution in [3.8, 4) is 11.3 Å². The van der Waals surface area contributed by atoms with Gasteiger partial charge < -0.3 is 5.73 Å². The summed E-state index contributed by atoms with van der Waals surface area (Å²) in [5, 5.41) is 5.36. The van der Waals surface area contributed by atoms with Crippen LogP contribution >= 0.6 is 0 Å². The summed E-state index contributed by atoms with van der Waals surface area (Å²) < 4.78 is 23.9. The molecule has 0 fully saturated rings. The van der Waals surface area contributed by atoms with E-state index in [1.54, 1.807) is 30.3 Å². The molecule has 8 heteroatoms. The van der Waals surface area contributed by atoms with E-state index in [0.29, 0.717) is 34.4 Å². The monoisotopic (exact) mass is 391 g/mol. The van der Waals surface area contributed by atoms with Crippen LogP contribution in [-0.4, -0.2) is 23.4 Å². The van der Waals surface area contributed by atoms with Gasteiger partial charge in [-0.15, -0.1) is 0 Å². The molecule has 2 aromatic heterocycles. The van der Waals surface area contributed by atoms with E-state index < -0.39 is 10.0 Å². The molecule has 0 bridgehead atoms. The van der Waals surface area contributed by atoms with E-state index >= 15 is 0 Å². The van der Waals surface area contributed by atoms with Crippen LogP contribution in [0.5, 0.6) is 0 Å². The van der Waals surface area contributed by atoms with Crippen molar-refractivity contribution in [1.82, 2.24) is 15.0 Å². The highest BCUT2D eigenvalue weighted by molar-refractivity contribution is 7.89. The van der Waals surface area contributed by atoms with E-state index in [0.717, 1.165) is 5.56 Å². The quantitative estimate of drug-likeness (QED) is 0.551. The highest BCUT2D eigenvalue weighted by Crippen LogP contribution is 2.27. The summed E-state index contributed by atoms with van der Waals surface area (Å²) in [6.45, 7) is 0. The largest absolute Gasteiger partial charge is 0.368 e. The first kappa shape index (κ1) is 18.0. The molecule has 2 aromatic carbocycles. The summed E-state index contributed by atoms with van der Waals surface area (Å²) in [6, 6.07) is 19.8. The lowest BCUT2D eigenvalue weighted by Gasteiger charge is -2.10. The first-order valence-electron chi connectivity index (χ1n) is 8.51. The van der Waals surface area contributed by atoms with Gasteiger partial charge in [0.15, 0.2) is 0 Å². The molecule has 4 aromatic rings. The number of aromatic nitrogens is 3. The molecular weight excluding hydrogens is 374 g/mol. The molecular formula is C20H17N5O2S. The second kappa shape index (κ2) is 6.99. The van der Waals surface area contributed by atoms with Gasteiger partial charge >= 0.3 is 0 Å². The Kier molecular flexibility index (Phi) is 4.50. The standard InChI is InChI=1S/C20H17N5O2S/c21-20-24-16-11-10-15(14-8-4-5-9-18(14)28(22,26)27)23-19(16)17(25-20)12-13-6-2-1-3-7-13/h1-11H,12H2,(H2,21,24,25)(H2,22,26,27). The van der Waals surface area contributed by atoms with Gasteiger partial charge in [0.2, 0.25) is 16.0 Å². The number of anilines is 1. The number of hydrogen-bond donors (Lipinski definition) is 2. The molecule has 0 saturated carbocycles. The normalized spacial score (nSPS) is 11.6. The third-order valence-corrected chi connectivity index (χ3v) is 5.28. The third-order valence-electron chi connectivity index (χ3n) is 4.32. The number of nitrogens with zero attached hydrogens (tertiary/aromatic N) is 3. The summed E-state index contributed by atoms with van der Waals surface area (Å²) in [5.74, 6) is 0.165. The number of sulfonamides is 1. The molecule has 0 aliphatic rings. The van der Waals surface area contributed by atoms with Crippen molar-refractivity contribution in [2.45, 2.75) is 11.3 Å². The fourth-order valence-electron chi connectivity index (χ4n) is 3.08. The van der Waals surface area contributed by atoms with Crippen molar-refractivity contribution < 1.29 is 8.42 Å². The zero-order valence-corrected chi connectivity index (χ0v) is 15.6. The van der Waals surface area contributed by atoms with Crippen molar-refractivity contribution in [2.75, 3.05) is 5.73 Å². The Morgan fingerprint density at radius 3 is 2.29 bits per heavy atom. The summed E-state index contributed by atoms with van der Waals surface area (Å²) >= 11 is 0. The zero-order chi connectivity index (χ0) is 19.7. The number of fused-ring (bicyclic) bond motifs is 1. The fraction of sp³-hybridized carbons (Fsp3) is 0.0500. The van der Waals surface area contributed by atoms with Gasteiger partial charge in [0.05, 0.1) is 21.8 Å². The highest BCUT2D eigenvalue weighted by atomic mass is 32.2. The lowest BCUT2D eigenvalue weighted by Crippen LogP contribution is -2.13. The molecule has 4 N–H and O–H groups in total. The van der Waals surface area contributed by atoms with Crippen LogP contribution in [0.25, 0.3) is 22.3 Å². The maximum atomic E-state index is 12.0. The van der Waals surface area contributed by atoms with E-state index in [-0.39, 0.29) is 10.8 Å². The molecule has 0 aliphatic heterocycles. The highest BCUT2D eigenvalue weighted by Gasteiger charge is 2.17. The molecule has 0 radical (unpaired) electrons. The van der Waals surface area contributed by atoms with E-state index in [1.807, 2.05) is 30.3 Å². The van der Waals surface area contributed by atoms with Gasteiger partial charge in [-0.1, -0.05) is 48.5 Å². The Hall–Kier alpha value is -3.36. The van der Waals surface area contributed by atoms with E-state index in [4.69, 9.17) is 10.9 Å². The van der Waals surface area contributed by atoms with Crippen LogP contribution in [0.3, 0.4) is 0 Å². The smallest absolute Gasteiger partial charge is 0.238 e. The maximum Gasteiger partial charge on any atom is 0.238 e. The van der Waals surface area contributed by atoms with Crippen LogP contribution in [0, 0.1) is 0 Å². The average molecular weight is 391 g/mol. The van der Waals surface area contributed by atoms with Crippen LogP contribution in [0.4, 0.5) is 5.95 Å². The first-order valence-corrected chi connectivity index (χ1v) is 10.1. The Morgan fingerprint density at radius 1 is 0.821 bits per heavy atom. The van der Waals surface area contributed by atoms with Crippen LogP contribution in [0.15, 0.2) is 71.6 Å². The number of nitrogens with two attached hydrogens (primary N) is 2. The average Bonchev–Trinajstić information content (AvgIpc) is 2.68. The minimum atomic E-state index is -3.89. The van der Waals surface area contributed by atoms with Crippen LogP contribution in [0.1, 0.15) is 11.3 Å². The molecule has 140 valence electrons. The predicted octanol–water partition coefficient (Wildman–Crippen LogP) is 2.51. The minimum absolute atomic E-state index is 0.0165. The van der Waals surface area contributed by atoms with Gasteiger partial charge in [-0.05, 0) is 23.8 Å². The SMILES string of the molecule is Nc1nc(Cc2ccccc2)c2nc(-c3ccccc3S(N)(=O)=O)ccc2n1. The van der Waals surface area contributed by atoms with Gasteiger partial charge in [-0.25, -0.2) is 28.5 Å². The molecule has 28 heavy (non-hydrogen) atoms. The summed E-state index contributed by atoms with van der Waals surface area (Å²) in [5.41, 5.74) is 9.65. The van der Waals surface area contributed by atoms with E-state index in [1.165, 1.54) is 6.07 Å².